The fourth-order valence-corrected chi connectivity index (χ4v) is 3.13. The fourth-order valence-electron chi connectivity index (χ4n) is 1.85. The van der Waals surface area contributed by atoms with Gasteiger partial charge in [-0.15, -0.1) is 11.3 Å². The van der Waals surface area contributed by atoms with Gasteiger partial charge in [-0.1, -0.05) is 6.92 Å². The van der Waals surface area contributed by atoms with Gasteiger partial charge in [0.05, 0.1) is 4.88 Å². The molecule has 4 heteroatoms. The van der Waals surface area contributed by atoms with Gasteiger partial charge in [0, 0.05) is 4.88 Å². The first-order valence-corrected chi connectivity index (χ1v) is 5.65. The quantitative estimate of drug-likeness (QED) is 0.419. The summed E-state index contributed by atoms with van der Waals surface area (Å²) in [6.45, 7) is 2.26. The van der Waals surface area contributed by atoms with E-state index in [1.807, 2.05) is 6.07 Å². The van der Waals surface area contributed by atoms with Crippen LogP contribution in [0.25, 0.3) is 0 Å². The predicted molar refractivity (Wildman–Crippen MR) is 57.2 cm³/mol. The number of hydrogen-bond donors (Lipinski definition) is 2. The molecule has 0 bridgehead atoms. The Morgan fingerprint density at radius 2 is 2.50 bits per heavy atom. The van der Waals surface area contributed by atoms with Crippen LogP contribution in [0.1, 0.15) is 33.5 Å². The van der Waals surface area contributed by atoms with Crippen LogP contribution in [0.4, 0.5) is 0 Å². The lowest BCUT2D eigenvalue weighted by Gasteiger charge is -2.16. The highest BCUT2D eigenvalue weighted by Gasteiger charge is 2.20. The number of nitrogens with two attached hydrogens (primary N) is 1. The molecule has 1 heterocycles. The van der Waals surface area contributed by atoms with E-state index in [0.29, 0.717) is 0 Å². The van der Waals surface area contributed by atoms with E-state index in [1.54, 1.807) is 11.3 Å². The fraction of sp³-hybridized carbons (Fsp3) is 0.500. The minimum Gasteiger partial charge on any atom is -0.289 e. The maximum atomic E-state index is 11.3. The van der Waals surface area contributed by atoms with E-state index in [-0.39, 0.29) is 5.91 Å². The van der Waals surface area contributed by atoms with Crippen LogP contribution in [0.15, 0.2) is 6.07 Å². The molecule has 0 radical (unpaired) electrons. The minimum atomic E-state index is -0.169. The topological polar surface area (TPSA) is 55.1 Å². The number of carbonyl (C=O) groups excluding carboxylic acids is 1. The molecule has 0 saturated carbocycles. The molecule has 0 aliphatic heterocycles. The van der Waals surface area contributed by atoms with Crippen LogP contribution in [0.2, 0.25) is 0 Å². The lowest BCUT2D eigenvalue weighted by molar-refractivity contribution is 0.0957. The molecule has 3 N–H and O–H groups in total. The predicted octanol–water partition coefficient (Wildman–Crippen LogP) is 1.48. The van der Waals surface area contributed by atoms with Crippen LogP contribution in [0, 0.1) is 5.92 Å². The average Bonchev–Trinajstić information content (AvgIpc) is 2.59. The third-order valence-electron chi connectivity index (χ3n) is 2.69. The van der Waals surface area contributed by atoms with Gasteiger partial charge in [-0.3, -0.25) is 10.2 Å². The molecule has 1 aliphatic rings. The highest BCUT2D eigenvalue weighted by atomic mass is 32.1. The van der Waals surface area contributed by atoms with E-state index in [0.717, 1.165) is 23.6 Å². The summed E-state index contributed by atoms with van der Waals surface area (Å²) in [4.78, 5) is 13.4. The molecule has 1 atom stereocenters. The van der Waals surface area contributed by atoms with Gasteiger partial charge in [-0.2, -0.15) is 0 Å². The largest absolute Gasteiger partial charge is 0.289 e. The normalized spacial score (nSPS) is 20.3. The molecule has 0 spiro atoms. The molecule has 1 aliphatic carbocycles. The van der Waals surface area contributed by atoms with E-state index in [1.165, 1.54) is 16.9 Å². The first kappa shape index (κ1) is 9.68. The molecule has 1 amide bonds. The zero-order chi connectivity index (χ0) is 10.1. The highest BCUT2D eigenvalue weighted by Crippen LogP contribution is 2.32. The molecular weight excluding hydrogens is 196 g/mol. The van der Waals surface area contributed by atoms with Gasteiger partial charge >= 0.3 is 0 Å². The van der Waals surface area contributed by atoms with E-state index < -0.39 is 0 Å². The summed E-state index contributed by atoms with van der Waals surface area (Å²) in [6, 6.07) is 1.98. The minimum absolute atomic E-state index is 0.169. The van der Waals surface area contributed by atoms with Gasteiger partial charge in [-0.05, 0) is 36.8 Å². The van der Waals surface area contributed by atoms with Crippen molar-refractivity contribution in [2.45, 2.75) is 26.2 Å². The van der Waals surface area contributed by atoms with E-state index >= 15 is 0 Å². The molecule has 1 unspecified atom stereocenters. The maximum absolute atomic E-state index is 11.3. The Balaban J connectivity index is 2.27. The monoisotopic (exact) mass is 210 g/mol. The SMILES string of the molecule is CC1CCc2cc(C(=O)NN)sc2C1. The van der Waals surface area contributed by atoms with Gasteiger partial charge in [0.25, 0.3) is 5.91 Å². The average molecular weight is 210 g/mol. The Morgan fingerprint density at radius 3 is 3.21 bits per heavy atom. The summed E-state index contributed by atoms with van der Waals surface area (Å²) in [5.41, 5.74) is 3.51. The summed E-state index contributed by atoms with van der Waals surface area (Å²) in [6.07, 6.45) is 3.44. The number of aryl methyl sites for hydroxylation is 1. The molecule has 76 valence electrons. The number of hydrogen-bond acceptors (Lipinski definition) is 3. The summed E-state index contributed by atoms with van der Waals surface area (Å²) in [5.74, 6) is 5.67. The van der Waals surface area contributed by atoms with Crippen molar-refractivity contribution in [1.29, 1.82) is 0 Å². The van der Waals surface area contributed by atoms with Gasteiger partial charge in [-0.25, -0.2) is 5.84 Å². The number of fused-ring (bicyclic) bond motifs is 1. The second-order valence-corrected chi connectivity index (χ2v) is 5.02. The molecule has 1 aromatic heterocycles. The van der Waals surface area contributed by atoms with Crippen molar-refractivity contribution in [2.75, 3.05) is 0 Å². The molecular formula is C10H14N2OS. The van der Waals surface area contributed by atoms with Gasteiger partial charge in [0.1, 0.15) is 0 Å². The third kappa shape index (κ3) is 1.67. The van der Waals surface area contributed by atoms with Crippen molar-refractivity contribution in [3.63, 3.8) is 0 Å². The molecule has 0 aromatic carbocycles. The lowest BCUT2D eigenvalue weighted by Crippen LogP contribution is -2.29. The van der Waals surface area contributed by atoms with E-state index in [4.69, 9.17) is 5.84 Å². The van der Waals surface area contributed by atoms with Crippen LogP contribution in [0.5, 0.6) is 0 Å². The lowest BCUT2D eigenvalue weighted by atomic mass is 9.90. The van der Waals surface area contributed by atoms with Crippen molar-refractivity contribution >= 4 is 17.2 Å². The summed E-state index contributed by atoms with van der Waals surface area (Å²) in [7, 11) is 0. The highest BCUT2D eigenvalue weighted by molar-refractivity contribution is 7.14. The Labute approximate surface area is 87.3 Å². The second-order valence-electron chi connectivity index (χ2n) is 3.88. The number of carbonyl (C=O) groups is 1. The Morgan fingerprint density at radius 1 is 1.71 bits per heavy atom. The third-order valence-corrected chi connectivity index (χ3v) is 3.89. The van der Waals surface area contributed by atoms with Gasteiger partial charge < -0.3 is 0 Å². The van der Waals surface area contributed by atoms with Crippen molar-refractivity contribution in [3.05, 3.63) is 21.4 Å². The van der Waals surface area contributed by atoms with Crippen molar-refractivity contribution < 1.29 is 4.79 Å². The van der Waals surface area contributed by atoms with E-state index in [2.05, 4.69) is 12.3 Å². The number of nitrogen functional groups attached to an aromatic ring is 1. The molecule has 3 nitrogen and oxygen atoms in total. The number of thiophene rings is 1. The summed E-state index contributed by atoms with van der Waals surface area (Å²) in [5, 5.41) is 0. The number of rotatable bonds is 1. The number of nitrogens with one attached hydrogen (secondary N) is 1. The smallest absolute Gasteiger partial charge is 0.275 e. The Hall–Kier alpha value is -0.870. The first-order valence-electron chi connectivity index (χ1n) is 4.83. The Kier molecular flexibility index (Phi) is 2.56. The van der Waals surface area contributed by atoms with Crippen LogP contribution in [-0.4, -0.2) is 5.91 Å². The van der Waals surface area contributed by atoms with Crippen LogP contribution in [-0.2, 0) is 12.8 Å². The first-order chi connectivity index (χ1) is 6.70. The summed E-state index contributed by atoms with van der Waals surface area (Å²) >= 11 is 1.58. The maximum Gasteiger partial charge on any atom is 0.275 e. The van der Waals surface area contributed by atoms with Crippen molar-refractivity contribution in [2.24, 2.45) is 11.8 Å². The Bertz CT molecular complexity index is 359. The molecule has 0 fully saturated rings. The number of hydrazine groups is 1. The summed E-state index contributed by atoms with van der Waals surface area (Å²) < 4.78 is 0. The number of amides is 1. The van der Waals surface area contributed by atoms with Crippen LogP contribution >= 0.6 is 11.3 Å². The molecule has 1 aromatic rings. The van der Waals surface area contributed by atoms with Crippen molar-refractivity contribution in [1.82, 2.24) is 5.43 Å². The van der Waals surface area contributed by atoms with Crippen LogP contribution in [0.3, 0.4) is 0 Å². The van der Waals surface area contributed by atoms with Gasteiger partial charge in [0.15, 0.2) is 0 Å². The zero-order valence-corrected chi connectivity index (χ0v) is 8.99. The van der Waals surface area contributed by atoms with Gasteiger partial charge in [0.2, 0.25) is 0 Å². The molecule has 14 heavy (non-hydrogen) atoms. The molecule has 2 rings (SSSR count). The second kappa shape index (κ2) is 3.71. The molecule has 0 saturated heterocycles. The zero-order valence-electron chi connectivity index (χ0n) is 8.17. The van der Waals surface area contributed by atoms with E-state index in [9.17, 15) is 4.79 Å². The standard InChI is InChI=1S/C10H14N2OS/c1-6-2-3-7-5-9(10(13)12-11)14-8(7)4-6/h5-6H,2-4,11H2,1H3,(H,12,13). The van der Waals surface area contributed by atoms with Crippen LogP contribution < -0.4 is 11.3 Å². The van der Waals surface area contributed by atoms with Crippen molar-refractivity contribution in [3.8, 4) is 0 Å².